The molecule has 10 nitrogen and oxygen atoms in total. The highest BCUT2D eigenvalue weighted by atomic mass is 16.5. The maximum atomic E-state index is 12.9. The van der Waals surface area contributed by atoms with Crippen molar-refractivity contribution in [3.05, 3.63) is 34.5 Å². The number of aryl methyl sites for hydroxylation is 1. The topological polar surface area (TPSA) is 115 Å². The number of fused-ring (bicyclic) bond motifs is 1. The Morgan fingerprint density at radius 1 is 1.26 bits per heavy atom. The van der Waals surface area contributed by atoms with Gasteiger partial charge in [-0.3, -0.25) is 19.2 Å². The summed E-state index contributed by atoms with van der Waals surface area (Å²) in [5, 5.41) is 14.2. The van der Waals surface area contributed by atoms with E-state index >= 15 is 0 Å². The Kier molecular flexibility index (Phi) is 6.67. The molecule has 2 aromatic heterocycles. The van der Waals surface area contributed by atoms with Crippen molar-refractivity contribution in [1.29, 1.82) is 0 Å². The molecule has 2 aliphatic rings. The fourth-order valence-corrected chi connectivity index (χ4v) is 4.22. The Labute approximate surface area is 181 Å². The molecule has 2 aliphatic heterocycles. The molecule has 168 valence electrons. The predicted molar refractivity (Wildman–Crippen MR) is 112 cm³/mol. The van der Waals surface area contributed by atoms with Gasteiger partial charge >= 0.3 is 0 Å². The number of hydrogen-bond donors (Lipinski definition) is 2. The fourth-order valence-electron chi connectivity index (χ4n) is 4.22. The molecular formula is C21H30N6O4. The lowest BCUT2D eigenvalue weighted by Crippen LogP contribution is -2.37. The molecule has 0 spiro atoms. The van der Waals surface area contributed by atoms with E-state index in [2.05, 4.69) is 25.8 Å². The van der Waals surface area contributed by atoms with E-state index in [1.54, 1.807) is 17.9 Å². The zero-order valence-corrected chi connectivity index (χ0v) is 18.1. The molecule has 2 amide bonds. The van der Waals surface area contributed by atoms with Crippen LogP contribution in [-0.4, -0.2) is 71.0 Å². The van der Waals surface area contributed by atoms with Crippen LogP contribution in [0.4, 0.5) is 0 Å². The third kappa shape index (κ3) is 4.96. The molecule has 0 saturated carbocycles. The first-order chi connectivity index (χ1) is 15.0. The second-order valence-electron chi connectivity index (χ2n) is 8.23. The molecule has 10 heteroatoms. The van der Waals surface area contributed by atoms with E-state index < -0.39 is 0 Å². The summed E-state index contributed by atoms with van der Waals surface area (Å²) < 4.78 is 12.1. The summed E-state index contributed by atoms with van der Waals surface area (Å²) in [7, 11) is 1.59. The monoisotopic (exact) mass is 430 g/mol. The third-order valence-corrected chi connectivity index (χ3v) is 5.90. The van der Waals surface area contributed by atoms with Crippen molar-refractivity contribution < 1.29 is 18.8 Å². The van der Waals surface area contributed by atoms with Gasteiger partial charge in [-0.15, -0.1) is 0 Å². The van der Waals surface area contributed by atoms with Crippen LogP contribution in [0.15, 0.2) is 10.6 Å². The minimum atomic E-state index is -0.225. The molecule has 0 bridgehead atoms. The number of carbonyl (C=O) groups is 2. The van der Waals surface area contributed by atoms with Crippen molar-refractivity contribution in [1.82, 2.24) is 30.5 Å². The smallest absolute Gasteiger partial charge is 0.274 e. The molecule has 0 radical (unpaired) electrons. The zero-order chi connectivity index (χ0) is 21.8. The van der Waals surface area contributed by atoms with Crippen LogP contribution < -0.4 is 10.6 Å². The first-order valence-electron chi connectivity index (χ1n) is 10.9. The van der Waals surface area contributed by atoms with Gasteiger partial charge in [0.1, 0.15) is 11.5 Å². The minimum Gasteiger partial charge on any atom is -0.383 e. The van der Waals surface area contributed by atoms with Crippen molar-refractivity contribution >= 4 is 11.8 Å². The molecule has 4 rings (SSSR count). The Morgan fingerprint density at radius 2 is 2.06 bits per heavy atom. The Hall–Kier alpha value is -2.72. The van der Waals surface area contributed by atoms with Crippen LogP contribution in [0.1, 0.15) is 57.3 Å². The summed E-state index contributed by atoms with van der Waals surface area (Å²) in [5.74, 6) is 0.247. The van der Waals surface area contributed by atoms with Gasteiger partial charge in [0.15, 0.2) is 5.69 Å². The number of likely N-dealkylation sites (tertiary alicyclic amines) is 1. The number of methoxy groups -OCH3 is 1. The Morgan fingerprint density at radius 3 is 2.81 bits per heavy atom. The minimum absolute atomic E-state index is 0.0968. The predicted octanol–water partition coefficient (Wildman–Crippen LogP) is 0.896. The summed E-state index contributed by atoms with van der Waals surface area (Å²) in [6, 6.07) is 1.68. The molecular weight excluding hydrogens is 400 g/mol. The van der Waals surface area contributed by atoms with Crippen molar-refractivity contribution in [2.45, 2.75) is 51.7 Å². The fraction of sp³-hybridized carbons (Fsp3) is 0.619. The van der Waals surface area contributed by atoms with Crippen molar-refractivity contribution in [2.75, 3.05) is 33.4 Å². The van der Waals surface area contributed by atoms with E-state index in [0.29, 0.717) is 49.8 Å². The number of nitrogens with one attached hydrogen (secondary N) is 2. The number of nitrogens with zero attached hydrogens (tertiary/aromatic N) is 4. The summed E-state index contributed by atoms with van der Waals surface area (Å²) in [4.78, 5) is 27.4. The van der Waals surface area contributed by atoms with Crippen LogP contribution in [-0.2, 0) is 24.2 Å². The molecule has 0 aromatic carbocycles. The maximum Gasteiger partial charge on any atom is 0.274 e. The van der Waals surface area contributed by atoms with Crippen molar-refractivity contribution in [2.24, 2.45) is 0 Å². The normalized spacial score (nSPS) is 18.7. The van der Waals surface area contributed by atoms with Gasteiger partial charge in [0.25, 0.3) is 11.8 Å². The average Bonchev–Trinajstić information content (AvgIpc) is 3.43. The highest BCUT2D eigenvalue weighted by molar-refractivity contribution is 5.94. The number of amides is 2. The van der Waals surface area contributed by atoms with Crippen molar-refractivity contribution in [3.8, 4) is 0 Å². The number of ether oxygens (including phenoxy) is 1. The molecule has 1 atom stereocenters. The van der Waals surface area contributed by atoms with Gasteiger partial charge in [0.05, 0.1) is 19.2 Å². The van der Waals surface area contributed by atoms with Crippen LogP contribution in [0, 0.1) is 6.92 Å². The lowest BCUT2D eigenvalue weighted by Gasteiger charge is -2.26. The first-order valence-corrected chi connectivity index (χ1v) is 10.9. The lowest BCUT2D eigenvalue weighted by atomic mass is 10.1. The second-order valence-corrected chi connectivity index (χ2v) is 8.23. The number of piperidine rings is 1. The summed E-state index contributed by atoms with van der Waals surface area (Å²) in [6.07, 6.45) is 4.25. The van der Waals surface area contributed by atoms with Crippen LogP contribution in [0.5, 0.6) is 0 Å². The first kappa shape index (κ1) is 21.5. The SMILES string of the molecule is COCCNC(=O)c1cc2n(n1)C[C@@H](NC(=O)c1noc(C)c1CN1CCCCC1)C2. The van der Waals surface area contributed by atoms with Crippen LogP contribution >= 0.6 is 0 Å². The van der Waals surface area contributed by atoms with Gasteiger partial charge in [-0.05, 0) is 38.9 Å². The molecule has 2 aromatic rings. The summed E-state index contributed by atoms with van der Waals surface area (Å²) in [6.45, 7) is 6.03. The molecule has 4 heterocycles. The highest BCUT2D eigenvalue weighted by Crippen LogP contribution is 2.21. The summed E-state index contributed by atoms with van der Waals surface area (Å²) >= 11 is 0. The molecule has 2 N–H and O–H groups in total. The van der Waals surface area contributed by atoms with E-state index in [1.165, 1.54) is 19.3 Å². The van der Waals surface area contributed by atoms with Crippen LogP contribution in [0.2, 0.25) is 0 Å². The van der Waals surface area contributed by atoms with Gasteiger partial charge in [-0.25, -0.2) is 0 Å². The number of carbonyl (C=O) groups excluding carboxylic acids is 2. The van der Waals surface area contributed by atoms with Crippen molar-refractivity contribution in [3.63, 3.8) is 0 Å². The van der Waals surface area contributed by atoms with Gasteiger partial charge in [-0.1, -0.05) is 11.6 Å². The molecule has 31 heavy (non-hydrogen) atoms. The van der Waals surface area contributed by atoms with Gasteiger partial charge < -0.3 is 19.9 Å². The highest BCUT2D eigenvalue weighted by Gasteiger charge is 2.29. The molecule has 1 saturated heterocycles. The van der Waals surface area contributed by atoms with E-state index in [4.69, 9.17) is 9.26 Å². The van der Waals surface area contributed by atoms with E-state index in [0.717, 1.165) is 24.3 Å². The molecule has 0 aliphatic carbocycles. The number of aromatic nitrogens is 3. The largest absolute Gasteiger partial charge is 0.383 e. The standard InChI is InChI=1S/C21H30N6O4/c1-14-17(13-26-7-4-3-5-8-26)19(25-31-14)21(29)23-15-10-16-11-18(24-27(16)12-15)20(28)22-6-9-30-2/h11,15H,3-10,12-13H2,1-2H3,(H,22,28)(H,23,29)/t15-/m0/s1. The van der Waals surface area contributed by atoms with Gasteiger partial charge in [-0.2, -0.15) is 5.10 Å². The lowest BCUT2D eigenvalue weighted by molar-refractivity contribution is 0.0915. The van der Waals surface area contributed by atoms with Crippen LogP contribution in [0.25, 0.3) is 0 Å². The van der Waals surface area contributed by atoms with Gasteiger partial charge in [0, 0.05) is 37.9 Å². The second kappa shape index (κ2) is 9.61. The molecule has 0 unspecified atom stereocenters. The van der Waals surface area contributed by atoms with E-state index in [9.17, 15) is 9.59 Å². The van der Waals surface area contributed by atoms with E-state index in [1.807, 2.05) is 6.92 Å². The Balaban J connectivity index is 1.34. The number of hydrogen-bond acceptors (Lipinski definition) is 7. The zero-order valence-electron chi connectivity index (χ0n) is 18.1. The third-order valence-electron chi connectivity index (χ3n) is 5.90. The summed E-state index contributed by atoms with van der Waals surface area (Å²) in [5.41, 5.74) is 2.54. The average molecular weight is 431 g/mol. The molecule has 1 fully saturated rings. The van der Waals surface area contributed by atoms with E-state index in [-0.39, 0.29) is 17.9 Å². The quantitative estimate of drug-likeness (QED) is 0.598. The number of rotatable bonds is 8. The van der Waals surface area contributed by atoms with Gasteiger partial charge in [0.2, 0.25) is 0 Å². The Bertz CT molecular complexity index is 907. The maximum absolute atomic E-state index is 12.9. The van der Waals surface area contributed by atoms with Crippen LogP contribution in [0.3, 0.4) is 0 Å².